The van der Waals surface area contributed by atoms with Gasteiger partial charge in [-0.3, -0.25) is 14.7 Å². The third-order valence-electron chi connectivity index (χ3n) is 4.56. The Labute approximate surface area is 138 Å². The van der Waals surface area contributed by atoms with Crippen LogP contribution in [0.15, 0.2) is 29.5 Å². The third-order valence-corrected chi connectivity index (χ3v) is 4.56. The number of aryl methyl sites for hydroxylation is 1. The van der Waals surface area contributed by atoms with Crippen molar-refractivity contribution in [3.63, 3.8) is 0 Å². The Morgan fingerprint density at radius 2 is 2.35 bits per heavy atom. The second-order valence-electron chi connectivity index (χ2n) is 6.08. The maximum atomic E-state index is 11.0. The highest BCUT2D eigenvalue weighted by atomic mass is 16.1. The molecule has 5 nitrogen and oxygen atoms in total. The molecule has 0 N–H and O–H groups in total. The molecule has 5 heteroatoms. The Morgan fingerprint density at radius 1 is 1.57 bits per heavy atom. The van der Waals surface area contributed by atoms with Gasteiger partial charge in [0.15, 0.2) is 0 Å². The van der Waals surface area contributed by atoms with Crippen LogP contribution in [0, 0.1) is 5.92 Å². The van der Waals surface area contributed by atoms with Crippen molar-refractivity contribution < 1.29 is 4.79 Å². The van der Waals surface area contributed by atoms with Crippen molar-refractivity contribution in [2.24, 2.45) is 18.0 Å². The molecule has 0 amide bonds. The summed E-state index contributed by atoms with van der Waals surface area (Å²) in [5.74, 6) is 0.419. The van der Waals surface area contributed by atoms with E-state index in [0.717, 1.165) is 42.5 Å². The van der Waals surface area contributed by atoms with Gasteiger partial charge < -0.3 is 4.57 Å². The zero-order chi connectivity index (χ0) is 16.8. The lowest BCUT2D eigenvalue weighted by atomic mass is 9.84. The van der Waals surface area contributed by atoms with E-state index in [1.807, 2.05) is 17.8 Å². The van der Waals surface area contributed by atoms with Gasteiger partial charge in [0.25, 0.3) is 0 Å². The lowest BCUT2D eigenvalue weighted by Gasteiger charge is -2.35. The maximum Gasteiger partial charge on any atom is 0.145 e. The quantitative estimate of drug-likeness (QED) is 0.574. The van der Waals surface area contributed by atoms with Crippen molar-refractivity contribution in [2.75, 3.05) is 13.7 Å². The molecular formula is C18H26N4O. The van der Waals surface area contributed by atoms with Crippen LogP contribution in [0.5, 0.6) is 0 Å². The first-order valence-corrected chi connectivity index (χ1v) is 8.10. The summed E-state index contributed by atoms with van der Waals surface area (Å²) in [4.78, 5) is 22.1. The third kappa shape index (κ3) is 4.05. The molecule has 0 spiro atoms. The van der Waals surface area contributed by atoms with E-state index in [4.69, 9.17) is 0 Å². The molecule has 124 valence electrons. The van der Waals surface area contributed by atoms with Gasteiger partial charge in [-0.15, -0.1) is 0 Å². The van der Waals surface area contributed by atoms with E-state index in [1.165, 1.54) is 0 Å². The van der Waals surface area contributed by atoms with Crippen LogP contribution in [-0.4, -0.2) is 46.7 Å². The SMILES string of the molecule is C=Cc1c(C=NCN(C)C2CCC(C=O)=C[C@@H]2CC)ncn1C. The molecule has 1 aliphatic carbocycles. The van der Waals surface area contributed by atoms with Gasteiger partial charge in [-0.05, 0) is 43.9 Å². The number of rotatable bonds is 7. The molecule has 2 atom stereocenters. The number of hydrogen-bond acceptors (Lipinski definition) is 4. The lowest BCUT2D eigenvalue weighted by molar-refractivity contribution is -0.105. The molecule has 1 heterocycles. The van der Waals surface area contributed by atoms with E-state index < -0.39 is 0 Å². The fraction of sp³-hybridized carbons (Fsp3) is 0.500. The second-order valence-corrected chi connectivity index (χ2v) is 6.08. The highest BCUT2D eigenvalue weighted by Gasteiger charge is 2.26. The van der Waals surface area contributed by atoms with Crippen molar-refractivity contribution >= 4 is 18.6 Å². The van der Waals surface area contributed by atoms with E-state index in [9.17, 15) is 4.79 Å². The summed E-state index contributed by atoms with van der Waals surface area (Å²) in [5.41, 5.74) is 2.75. The standard InChI is InChI=1S/C18H26N4O/c1-5-15-9-14(11-23)7-8-18(15)21(3)12-19-10-16-17(6-2)22(4)13-20-16/h6,9-11,13,15,18H,2,5,7-8,12H2,1,3-4H3/t15-,18?/m0/s1. The topological polar surface area (TPSA) is 50.5 Å². The fourth-order valence-corrected chi connectivity index (χ4v) is 3.20. The summed E-state index contributed by atoms with van der Waals surface area (Å²) >= 11 is 0. The first-order valence-electron chi connectivity index (χ1n) is 8.10. The number of nitrogens with zero attached hydrogens (tertiary/aromatic N) is 4. The minimum Gasteiger partial charge on any atom is -0.334 e. The summed E-state index contributed by atoms with van der Waals surface area (Å²) in [6, 6.07) is 0.434. The second kappa shape index (κ2) is 8.02. The van der Waals surface area contributed by atoms with Crippen LogP contribution in [0.2, 0.25) is 0 Å². The molecule has 0 aromatic carbocycles. The highest BCUT2D eigenvalue weighted by molar-refractivity contribution is 5.81. The molecule has 1 aliphatic rings. The summed E-state index contributed by atoms with van der Waals surface area (Å²) in [6.45, 7) is 6.60. The summed E-state index contributed by atoms with van der Waals surface area (Å²) in [5, 5.41) is 0. The highest BCUT2D eigenvalue weighted by Crippen LogP contribution is 2.28. The Bertz CT molecular complexity index is 615. The van der Waals surface area contributed by atoms with Gasteiger partial charge in [0.1, 0.15) is 12.0 Å². The average molecular weight is 314 g/mol. The van der Waals surface area contributed by atoms with Crippen molar-refractivity contribution in [1.82, 2.24) is 14.5 Å². The van der Waals surface area contributed by atoms with Gasteiger partial charge in [0, 0.05) is 13.1 Å². The number of carbonyl (C=O) groups is 1. The predicted molar refractivity (Wildman–Crippen MR) is 94.5 cm³/mol. The first-order chi connectivity index (χ1) is 11.1. The van der Waals surface area contributed by atoms with Crippen molar-refractivity contribution in [1.29, 1.82) is 0 Å². The molecule has 0 fully saturated rings. The van der Waals surface area contributed by atoms with Crippen LogP contribution < -0.4 is 0 Å². The average Bonchev–Trinajstić information content (AvgIpc) is 2.93. The van der Waals surface area contributed by atoms with Crippen LogP contribution in [0.1, 0.15) is 37.6 Å². The van der Waals surface area contributed by atoms with Gasteiger partial charge in [0.05, 0.1) is 24.9 Å². The first kappa shape index (κ1) is 17.3. The van der Waals surface area contributed by atoms with Crippen molar-refractivity contribution in [3.8, 4) is 0 Å². The predicted octanol–water partition coefficient (Wildman–Crippen LogP) is 2.69. The van der Waals surface area contributed by atoms with E-state index in [-0.39, 0.29) is 0 Å². The number of aldehydes is 1. The Balaban J connectivity index is 2.00. The van der Waals surface area contributed by atoms with Crippen LogP contribution in [-0.2, 0) is 11.8 Å². The molecule has 23 heavy (non-hydrogen) atoms. The molecule has 0 saturated heterocycles. The molecule has 1 aromatic heterocycles. The van der Waals surface area contributed by atoms with Crippen molar-refractivity contribution in [3.05, 3.63) is 35.9 Å². The van der Waals surface area contributed by atoms with Crippen molar-refractivity contribution in [2.45, 2.75) is 32.2 Å². The number of imidazole rings is 1. The monoisotopic (exact) mass is 314 g/mol. The van der Waals surface area contributed by atoms with Crippen LogP contribution >= 0.6 is 0 Å². The van der Waals surface area contributed by atoms with Gasteiger partial charge in [-0.2, -0.15) is 0 Å². The number of carbonyl (C=O) groups excluding carboxylic acids is 1. The molecule has 0 aliphatic heterocycles. The minimum absolute atomic E-state index is 0.419. The molecule has 1 aromatic rings. The van der Waals surface area contributed by atoms with Crippen LogP contribution in [0.4, 0.5) is 0 Å². The molecule has 2 rings (SSSR count). The molecule has 1 unspecified atom stereocenters. The summed E-state index contributed by atoms with van der Waals surface area (Å²) in [7, 11) is 4.04. The zero-order valence-corrected chi connectivity index (χ0v) is 14.3. The Kier molecular flexibility index (Phi) is 6.04. The lowest BCUT2D eigenvalue weighted by Crippen LogP contribution is -2.39. The molecule has 0 radical (unpaired) electrons. The maximum absolute atomic E-state index is 11.0. The van der Waals surface area contributed by atoms with E-state index in [0.29, 0.717) is 18.6 Å². The van der Waals surface area contributed by atoms with Gasteiger partial charge in [-0.1, -0.05) is 19.6 Å². The number of allylic oxidation sites excluding steroid dienone is 1. The van der Waals surface area contributed by atoms with Crippen LogP contribution in [0.25, 0.3) is 6.08 Å². The van der Waals surface area contributed by atoms with Gasteiger partial charge in [-0.25, -0.2) is 4.98 Å². The molecule has 0 saturated carbocycles. The van der Waals surface area contributed by atoms with Gasteiger partial charge in [0.2, 0.25) is 0 Å². The molecule has 0 bridgehead atoms. The Hall–Kier alpha value is -2.01. The number of aliphatic imine (C=N–C) groups is 1. The van der Waals surface area contributed by atoms with E-state index >= 15 is 0 Å². The molecular weight excluding hydrogens is 288 g/mol. The summed E-state index contributed by atoms with van der Waals surface area (Å²) < 4.78 is 1.93. The minimum atomic E-state index is 0.419. The van der Waals surface area contributed by atoms with Crippen LogP contribution in [0.3, 0.4) is 0 Å². The van der Waals surface area contributed by atoms with E-state index in [1.54, 1.807) is 12.4 Å². The Morgan fingerprint density at radius 3 is 3.00 bits per heavy atom. The van der Waals surface area contributed by atoms with E-state index in [2.05, 4.69) is 41.5 Å². The summed E-state index contributed by atoms with van der Waals surface area (Å²) in [6.07, 6.45) is 11.4. The zero-order valence-electron chi connectivity index (χ0n) is 14.3. The fourth-order valence-electron chi connectivity index (χ4n) is 3.20. The largest absolute Gasteiger partial charge is 0.334 e. The number of hydrogen-bond donors (Lipinski definition) is 0. The normalized spacial score (nSPS) is 21.7. The van der Waals surface area contributed by atoms with Gasteiger partial charge >= 0.3 is 0 Å². The number of aromatic nitrogens is 2. The smallest absolute Gasteiger partial charge is 0.145 e.